The van der Waals surface area contributed by atoms with Gasteiger partial charge in [-0.2, -0.15) is 0 Å². The Morgan fingerprint density at radius 2 is 1.96 bits per heavy atom. The van der Waals surface area contributed by atoms with Gasteiger partial charge in [-0.15, -0.1) is 0 Å². The zero-order valence-corrected chi connectivity index (χ0v) is 14.5. The number of hydrogen-bond donors (Lipinski definition) is 2. The molecule has 0 atom stereocenters. The van der Waals surface area contributed by atoms with Gasteiger partial charge in [0.25, 0.3) is 5.91 Å². The molecule has 136 valence electrons. The van der Waals surface area contributed by atoms with Crippen LogP contribution in [0.3, 0.4) is 0 Å². The van der Waals surface area contributed by atoms with Crippen molar-refractivity contribution in [3.05, 3.63) is 65.5 Å². The van der Waals surface area contributed by atoms with Crippen LogP contribution in [-0.2, 0) is 0 Å². The SMILES string of the molecule is C=CCOc1ccc(C(=O)Nc2cc(C(N)=O)cc(F)c2C)cc1OC. The minimum Gasteiger partial charge on any atom is -0.493 e. The van der Waals surface area contributed by atoms with Gasteiger partial charge in [-0.3, -0.25) is 9.59 Å². The molecule has 0 saturated heterocycles. The number of anilines is 1. The van der Waals surface area contributed by atoms with Crippen molar-refractivity contribution in [2.75, 3.05) is 19.0 Å². The summed E-state index contributed by atoms with van der Waals surface area (Å²) in [6, 6.07) is 6.99. The van der Waals surface area contributed by atoms with Gasteiger partial charge >= 0.3 is 0 Å². The average molecular weight is 358 g/mol. The van der Waals surface area contributed by atoms with E-state index in [0.717, 1.165) is 6.07 Å². The number of ether oxygens (including phenoxy) is 2. The summed E-state index contributed by atoms with van der Waals surface area (Å²) < 4.78 is 24.6. The number of carbonyl (C=O) groups excluding carboxylic acids is 2. The van der Waals surface area contributed by atoms with Gasteiger partial charge in [0.1, 0.15) is 12.4 Å². The van der Waals surface area contributed by atoms with Crippen LogP contribution in [-0.4, -0.2) is 25.5 Å². The molecule has 0 aliphatic rings. The van der Waals surface area contributed by atoms with Gasteiger partial charge in [-0.25, -0.2) is 4.39 Å². The molecule has 26 heavy (non-hydrogen) atoms. The number of amides is 2. The largest absolute Gasteiger partial charge is 0.493 e. The summed E-state index contributed by atoms with van der Waals surface area (Å²) in [6.45, 7) is 5.35. The standard InChI is InChI=1S/C19H19FN2O4/c1-4-7-26-16-6-5-12(10-17(16)25-3)19(24)22-15-9-13(18(21)23)8-14(20)11(15)2/h4-6,8-10H,1,7H2,2-3H3,(H2,21,23)(H,22,24). The third-order valence-electron chi connectivity index (χ3n) is 3.66. The second kappa shape index (κ2) is 8.15. The molecule has 0 aliphatic heterocycles. The molecular formula is C19H19FN2O4. The Labute approximate surface area is 150 Å². The van der Waals surface area contributed by atoms with Crippen LogP contribution in [0.4, 0.5) is 10.1 Å². The Bertz CT molecular complexity index is 865. The molecule has 0 heterocycles. The molecule has 2 rings (SSSR count). The maximum absolute atomic E-state index is 13.9. The highest BCUT2D eigenvalue weighted by Gasteiger charge is 2.15. The van der Waals surface area contributed by atoms with Crippen LogP contribution in [0, 0.1) is 12.7 Å². The summed E-state index contributed by atoms with van der Waals surface area (Å²) in [6.07, 6.45) is 1.59. The van der Waals surface area contributed by atoms with E-state index in [2.05, 4.69) is 11.9 Å². The number of carbonyl (C=O) groups is 2. The zero-order valence-electron chi connectivity index (χ0n) is 14.5. The van der Waals surface area contributed by atoms with E-state index < -0.39 is 17.6 Å². The minimum absolute atomic E-state index is 0.0332. The van der Waals surface area contributed by atoms with E-state index in [9.17, 15) is 14.0 Å². The van der Waals surface area contributed by atoms with Crippen molar-refractivity contribution in [2.24, 2.45) is 5.73 Å². The van der Waals surface area contributed by atoms with Crippen molar-refractivity contribution < 1.29 is 23.5 Å². The topological polar surface area (TPSA) is 90.6 Å². The van der Waals surface area contributed by atoms with Crippen LogP contribution < -0.4 is 20.5 Å². The molecule has 2 aromatic rings. The lowest BCUT2D eigenvalue weighted by Crippen LogP contribution is -2.16. The third-order valence-corrected chi connectivity index (χ3v) is 3.66. The van der Waals surface area contributed by atoms with Gasteiger partial charge in [-0.05, 0) is 37.3 Å². The first kappa shape index (κ1) is 19.0. The van der Waals surface area contributed by atoms with Crippen molar-refractivity contribution in [1.29, 1.82) is 0 Å². The second-order valence-electron chi connectivity index (χ2n) is 5.41. The maximum Gasteiger partial charge on any atom is 0.255 e. The highest BCUT2D eigenvalue weighted by atomic mass is 19.1. The van der Waals surface area contributed by atoms with Crippen molar-refractivity contribution >= 4 is 17.5 Å². The number of nitrogens with one attached hydrogen (secondary N) is 1. The van der Waals surface area contributed by atoms with E-state index in [1.165, 1.54) is 26.2 Å². The Morgan fingerprint density at radius 1 is 1.23 bits per heavy atom. The van der Waals surface area contributed by atoms with E-state index in [1.807, 2.05) is 0 Å². The van der Waals surface area contributed by atoms with Crippen molar-refractivity contribution in [3.8, 4) is 11.5 Å². The van der Waals surface area contributed by atoms with Gasteiger partial charge in [-0.1, -0.05) is 12.7 Å². The predicted octanol–water partition coefficient (Wildman–Crippen LogP) is 3.06. The van der Waals surface area contributed by atoms with Crippen molar-refractivity contribution in [3.63, 3.8) is 0 Å². The first-order valence-corrected chi connectivity index (χ1v) is 7.70. The first-order chi connectivity index (χ1) is 12.4. The summed E-state index contributed by atoms with van der Waals surface area (Å²) in [5.41, 5.74) is 5.78. The predicted molar refractivity (Wildman–Crippen MR) is 96.3 cm³/mol. The Balaban J connectivity index is 2.30. The molecule has 0 unspecified atom stereocenters. The lowest BCUT2D eigenvalue weighted by molar-refractivity contribution is 0.0995. The third kappa shape index (κ3) is 4.18. The molecule has 0 fully saturated rings. The second-order valence-corrected chi connectivity index (χ2v) is 5.41. The van der Waals surface area contributed by atoms with E-state index in [-0.39, 0.29) is 22.4 Å². The molecule has 0 aliphatic carbocycles. The number of methoxy groups -OCH3 is 1. The monoisotopic (exact) mass is 358 g/mol. The lowest BCUT2D eigenvalue weighted by atomic mass is 10.1. The summed E-state index contributed by atoms with van der Waals surface area (Å²) in [5.74, 6) is -1.09. The van der Waals surface area contributed by atoms with Gasteiger partial charge in [0.15, 0.2) is 11.5 Å². The summed E-state index contributed by atoms with van der Waals surface area (Å²) in [5, 5.41) is 2.58. The van der Waals surface area contributed by atoms with Gasteiger partial charge in [0.2, 0.25) is 5.91 Å². The van der Waals surface area contributed by atoms with E-state index in [4.69, 9.17) is 15.2 Å². The molecule has 2 amide bonds. The molecule has 0 radical (unpaired) electrons. The van der Waals surface area contributed by atoms with Crippen LogP contribution in [0.25, 0.3) is 0 Å². The molecule has 2 aromatic carbocycles. The molecule has 6 nitrogen and oxygen atoms in total. The number of hydrogen-bond acceptors (Lipinski definition) is 4. The molecule has 0 spiro atoms. The first-order valence-electron chi connectivity index (χ1n) is 7.70. The van der Waals surface area contributed by atoms with E-state index in [1.54, 1.807) is 18.2 Å². The normalized spacial score (nSPS) is 10.1. The molecule has 3 N–H and O–H groups in total. The van der Waals surface area contributed by atoms with Gasteiger partial charge in [0.05, 0.1) is 7.11 Å². The fourth-order valence-electron chi connectivity index (χ4n) is 2.22. The van der Waals surface area contributed by atoms with E-state index in [0.29, 0.717) is 18.1 Å². The summed E-state index contributed by atoms with van der Waals surface area (Å²) >= 11 is 0. The smallest absolute Gasteiger partial charge is 0.255 e. The highest BCUT2D eigenvalue weighted by Crippen LogP contribution is 2.29. The van der Waals surface area contributed by atoms with Crippen LogP contribution in [0.15, 0.2) is 43.0 Å². The van der Waals surface area contributed by atoms with E-state index >= 15 is 0 Å². The molecule has 0 saturated carbocycles. The molecular weight excluding hydrogens is 339 g/mol. The number of rotatable bonds is 7. The van der Waals surface area contributed by atoms with Crippen LogP contribution in [0.2, 0.25) is 0 Å². The number of nitrogens with two attached hydrogens (primary N) is 1. The molecule has 0 aromatic heterocycles. The Morgan fingerprint density at radius 3 is 2.58 bits per heavy atom. The summed E-state index contributed by atoms with van der Waals surface area (Å²) in [4.78, 5) is 23.8. The van der Waals surface area contributed by atoms with Gasteiger partial charge in [0, 0.05) is 22.4 Å². The van der Waals surface area contributed by atoms with Crippen LogP contribution in [0.5, 0.6) is 11.5 Å². The molecule has 0 bridgehead atoms. The van der Waals surface area contributed by atoms with Gasteiger partial charge < -0.3 is 20.5 Å². The number of benzene rings is 2. The Kier molecular flexibility index (Phi) is 5.95. The number of halogens is 1. The fourth-order valence-corrected chi connectivity index (χ4v) is 2.22. The zero-order chi connectivity index (χ0) is 19.3. The minimum atomic E-state index is -0.787. The molecule has 7 heteroatoms. The number of primary amides is 1. The van der Waals surface area contributed by atoms with Crippen molar-refractivity contribution in [2.45, 2.75) is 6.92 Å². The van der Waals surface area contributed by atoms with Crippen LogP contribution >= 0.6 is 0 Å². The average Bonchev–Trinajstić information content (AvgIpc) is 2.63. The fraction of sp³-hybridized carbons (Fsp3) is 0.158. The lowest BCUT2D eigenvalue weighted by Gasteiger charge is -2.13. The Hall–Kier alpha value is -3.35. The van der Waals surface area contributed by atoms with Crippen LogP contribution in [0.1, 0.15) is 26.3 Å². The summed E-state index contributed by atoms with van der Waals surface area (Å²) in [7, 11) is 1.45. The highest BCUT2D eigenvalue weighted by molar-refractivity contribution is 6.06. The van der Waals surface area contributed by atoms with Crippen molar-refractivity contribution in [1.82, 2.24) is 0 Å². The quantitative estimate of drug-likeness (QED) is 0.744. The maximum atomic E-state index is 13.9.